The summed E-state index contributed by atoms with van der Waals surface area (Å²) < 4.78 is 7.51. The summed E-state index contributed by atoms with van der Waals surface area (Å²) in [4.78, 5) is 27.4. The van der Waals surface area contributed by atoms with Crippen molar-refractivity contribution in [2.45, 2.75) is 31.1 Å². The van der Waals surface area contributed by atoms with Gasteiger partial charge >= 0.3 is 0 Å². The molecule has 8 nitrogen and oxygen atoms in total. The fourth-order valence-electron chi connectivity index (χ4n) is 4.06. The third kappa shape index (κ3) is 4.47. The summed E-state index contributed by atoms with van der Waals surface area (Å²) in [6, 6.07) is 20.6. The van der Waals surface area contributed by atoms with Crippen LogP contribution >= 0.6 is 11.8 Å². The molecule has 1 N–H and O–H groups in total. The zero-order valence-corrected chi connectivity index (χ0v) is 19.4. The van der Waals surface area contributed by atoms with Gasteiger partial charge < -0.3 is 14.6 Å². The lowest BCUT2D eigenvalue weighted by Gasteiger charge is -2.27. The van der Waals surface area contributed by atoms with Gasteiger partial charge in [0, 0.05) is 18.0 Å². The largest absolute Gasteiger partial charge is 0.467 e. The average Bonchev–Trinajstić information content (AvgIpc) is 3.47. The maximum atomic E-state index is 13.4. The van der Waals surface area contributed by atoms with Gasteiger partial charge in [-0.15, -0.1) is 10.2 Å². The van der Waals surface area contributed by atoms with E-state index in [2.05, 4.69) is 15.5 Å². The Labute approximate surface area is 201 Å². The summed E-state index contributed by atoms with van der Waals surface area (Å²) in [5.74, 6) is 1.42. The van der Waals surface area contributed by atoms with Crippen molar-refractivity contribution >= 4 is 35.0 Å². The minimum absolute atomic E-state index is 0.102. The minimum atomic E-state index is -0.266. The first-order valence-corrected chi connectivity index (χ1v) is 11.9. The van der Waals surface area contributed by atoms with Crippen LogP contribution in [0.5, 0.6) is 0 Å². The highest BCUT2D eigenvalue weighted by atomic mass is 32.2. The molecular formula is C25H23N5O3S. The fraction of sp³-hybridized carbons (Fsp3) is 0.200. The number of carbonyl (C=O) groups is 2. The average molecular weight is 474 g/mol. The van der Waals surface area contributed by atoms with E-state index in [1.165, 1.54) is 11.8 Å². The molecule has 9 heteroatoms. The Balaban J connectivity index is 1.41. The molecule has 0 saturated heterocycles. The first kappa shape index (κ1) is 22.0. The van der Waals surface area contributed by atoms with Gasteiger partial charge in [0.2, 0.25) is 11.8 Å². The Hall–Kier alpha value is -3.85. The first-order valence-electron chi connectivity index (χ1n) is 10.9. The van der Waals surface area contributed by atoms with Crippen LogP contribution < -0.4 is 10.2 Å². The zero-order chi connectivity index (χ0) is 23.5. The standard InChI is InChI=1S/C25H23N5O3S/c1-17-14-22(31)26-20-11-5-6-12-21(20)30(17)23(32)16-34-25-28-27-24(18-8-3-2-4-9-18)29(25)15-19-10-7-13-33-19/h2-13,17H,14-16H2,1H3,(H,26,31). The van der Waals surface area contributed by atoms with Crippen molar-refractivity contribution in [2.24, 2.45) is 0 Å². The number of hydrogen-bond acceptors (Lipinski definition) is 6. The van der Waals surface area contributed by atoms with E-state index < -0.39 is 0 Å². The molecule has 34 heavy (non-hydrogen) atoms. The molecule has 0 radical (unpaired) electrons. The Morgan fingerprint density at radius 2 is 1.88 bits per heavy atom. The summed E-state index contributed by atoms with van der Waals surface area (Å²) in [7, 11) is 0. The number of fused-ring (bicyclic) bond motifs is 1. The number of nitrogens with one attached hydrogen (secondary N) is 1. The summed E-state index contributed by atoms with van der Waals surface area (Å²) >= 11 is 1.32. The normalized spacial score (nSPS) is 15.5. The van der Waals surface area contributed by atoms with Crippen molar-refractivity contribution in [1.29, 1.82) is 0 Å². The first-order chi connectivity index (χ1) is 16.6. The van der Waals surface area contributed by atoms with Gasteiger partial charge in [-0.3, -0.25) is 14.2 Å². The van der Waals surface area contributed by atoms with E-state index in [0.717, 1.165) is 11.3 Å². The van der Waals surface area contributed by atoms with Gasteiger partial charge in [0.15, 0.2) is 11.0 Å². The van der Waals surface area contributed by atoms with Crippen molar-refractivity contribution < 1.29 is 14.0 Å². The van der Waals surface area contributed by atoms with Gasteiger partial charge in [-0.25, -0.2) is 0 Å². The van der Waals surface area contributed by atoms with Crippen LogP contribution in [0.2, 0.25) is 0 Å². The molecule has 3 heterocycles. The van der Waals surface area contributed by atoms with Crippen molar-refractivity contribution in [1.82, 2.24) is 14.8 Å². The van der Waals surface area contributed by atoms with Gasteiger partial charge in [-0.05, 0) is 31.2 Å². The van der Waals surface area contributed by atoms with Crippen molar-refractivity contribution in [3.05, 3.63) is 78.8 Å². The quantitative estimate of drug-likeness (QED) is 0.416. The highest BCUT2D eigenvalue weighted by molar-refractivity contribution is 7.99. The van der Waals surface area contributed by atoms with Crippen LogP contribution in [-0.4, -0.2) is 38.4 Å². The molecule has 0 saturated carbocycles. The van der Waals surface area contributed by atoms with Crippen LogP contribution in [0.25, 0.3) is 11.4 Å². The molecule has 5 rings (SSSR count). The van der Waals surface area contributed by atoms with Gasteiger partial charge in [0.25, 0.3) is 0 Å². The van der Waals surface area contributed by atoms with E-state index in [-0.39, 0.29) is 30.0 Å². The van der Waals surface area contributed by atoms with E-state index in [1.54, 1.807) is 11.2 Å². The van der Waals surface area contributed by atoms with Crippen LogP contribution in [0, 0.1) is 0 Å². The highest BCUT2D eigenvalue weighted by Gasteiger charge is 2.30. The fourth-order valence-corrected chi connectivity index (χ4v) is 4.86. The maximum absolute atomic E-state index is 13.4. The molecule has 172 valence electrons. The summed E-state index contributed by atoms with van der Waals surface area (Å²) in [6.45, 7) is 2.33. The lowest BCUT2D eigenvalue weighted by molar-refractivity contribution is -0.117. The van der Waals surface area contributed by atoms with E-state index in [9.17, 15) is 9.59 Å². The molecule has 4 aromatic rings. The number of nitrogens with zero attached hydrogens (tertiary/aromatic N) is 4. The number of rotatable bonds is 6. The maximum Gasteiger partial charge on any atom is 0.237 e. The molecule has 1 aliphatic heterocycles. The van der Waals surface area contributed by atoms with E-state index in [1.807, 2.05) is 78.2 Å². The third-order valence-corrected chi connectivity index (χ3v) is 6.55. The molecule has 2 aromatic carbocycles. The minimum Gasteiger partial charge on any atom is -0.467 e. The number of anilines is 2. The molecule has 1 aliphatic rings. The molecular weight excluding hydrogens is 450 g/mol. The molecule has 1 atom stereocenters. The monoisotopic (exact) mass is 473 g/mol. The van der Waals surface area contributed by atoms with Crippen molar-refractivity contribution in [3.8, 4) is 11.4 Å². The van der Waals surface area contributed by atoms with Crippen LogP contribution in [0.1, 0.15) is 19.1 Å². The van der Waals surface area contributed by atoms with Gasteiger partial charge in [-0.2, -0.15) is 0 Å². The third-order valence-electron chi connectivity index (χ3n) is 5.60. The molecule has 1 unspecified atom stereocenters. The second-order valence-corrected chi connectivity index (χ2v) is 8.95. The van der Waals surface area contributed by atoms with Crippen LogP contribution in [0.4, 0.5) is 11.4 Å². The van der Waals surface area contributed by atoms with Gasteiger partial charge in [-0.1, -0.05) is 54.2 Å². The molecule has 0 bridgehead atoms. The zero-order valence-electron chi connectivity index (χ0n) is 18.5. The van der Waals surface area contributed by atoms with Crippen molar-refractivity contribution in [3.63, 3.8) is 0 Å². The number of aromatic nitrogens is 3. The van der Waals surface area contributed by atoms with Gasteiger partial charge in [0.05, 0.1) is 29.9 Å². The number of carbonyl (C=O) groups excluding carboxylic acids is 2. The Bertz CT molecular complexity index is 1300. The predicted octanol–water partition coefficient (Wildman–Crippen LogP) is 4.44. The van der Waals surface area contributed by atoms with Crippen LogP contribution in [0.3, 0.4) is 0 Å². The van der Waals surface area contributed by atoms with Crippen molar-refractivity contribution in [2.75, 3.05) is 16.0 Å². The van der Waals surface area contributed by atoms with E-state index in [0.29, 0.717) is 28.9 Å². The second-order valence-electron chi connectivity index (χ2n) is 8.01. The summed E-state index contributed by atoms with van der Waals surface area (Å²) in [5, 5.41) is 12.3. The molecule has 0 spiro atoms. The number of para-hydroxylation sites is 2. The summed E-state index contributed by atoms with van der Waals surface area (Å²) in [5.41, 5.74) is 2.27. The highest BCUT2D eigenvalue weighted by Crippen LogP contribution is 2.32. The summed E-state index contributed by atoms with van der Waals surface area (Å²) in [6.07, 6.45) is 1.86. The number of hydrogen-bond donors (Lipinski definition) is 1. The lowest BCUT2D eigenvalue weighted by Crippen LogP contribution is -2.40. The molecule has 2 amide bonds. The second kappa shape index (κ2) is 9.56. The molecule has 2 aromatic heterocycles. The lowest BCUT2D eigenvalue weighted by atomic mass is 10.2. The SMILES string of the molecule is CC1CC(=O)Nc2ccccc2N1C(=O)CSc1nnc(-c2ccccc2)n1Cc1ccco1. The predicted molar refractivity (Wildman–Crippen MR) is 131 cm³/mol. The number of amides is 2. The molecule has 0 fully saturated rings. The number of benzene rings is 2. The smallest absolute Gasteiger partial charge is 0.237 e. The van der Waals surface area contributed by atoms with E-state index in [4.69, 9.17) is 4.42 Å². The Morgan fingerprint density at radius 3 is 2.68 bits per heavy atom. The molecule has 0 aliphatic carbocycles. The Morgan fingerprint density at radius 1 is 1.09 bits per heavy atom. The number of thioether (sulfide) groups is 1. The van der Waals surface area contributed by atoms with Crippen LogP contribution in [-0.2, 0) is 16.1 Å². The van der Waals surface area contributed by atoms with E-state index >= 15 is 0 Å². The number of furan rings is 1. The Kier molecular flexibility index (Phi) is 6.18. The van der Waals surface area contributed by atoms with Crippen LogP contribution in [0.15, 0.2) is 82.6 Å². The van der Waals surface area contributed by atoms with Gasteiger partial charge in [0.1, 0.15) is 5.76 Å². The topological polar surface area (TPSA) is 93.3 Å².